The molecule has 1 fully saturated rings. The van der Waals surface area contributed by atoms with Crippen molar-refractivity contribution < 1.29 is 4.79 Å². The SMILES string of the molecule is CN(CC(=O)N1CCC(c2ccccc2)=N1)C1CCCCC1. The van der Waals surface area contributed by atoms with Crippen LogP contribution in [0.3, 0.4) is 0 Å². The fourth-order valence-corrected chi connectivity index (χ4v) is 3.42. The van der Waals surface area contributed by atoms with Crippen molar-refractivity contribution in [1.29, 1.82) is 0 Å². The minimum Gasteiger partial charge on any atom is -0.295 e. The summed E-state index contributed by atoms with van der Waals surface area (Å²) in [4.78, 5) is 14.7. The van der Waals surface area contributed by atoms with Gasteiger partial charge in [0.25, 0.3) is 5.91 Å². The Morgan fingerprint density at radius 1 is 1.23 bits per heavy atom. The van der Waals surface area contributed by atoms with Gasteiger partial charge in [0.1, 0.15) is 0 Å². The van der Waals surface area contributed by atoms with E-state index in [1.165, 1.54) is 32.1 Å². The van der Waals surface area contributed by atoms with E-state index in [-0.39, 0.29) is 5.91 Å². The topological polar surface area (TPSA) is 35.9 Å². The summed E-state index contributed by atoms with van der Waals surface area (Å²) in [6.07, 6.45) is 7.23. The molecule has 1 aliphatic heterocycles. The second-order valence-electron chi connectivity index (χ2n) is 6.39. The molecule has 0 saturated heterocycles. The number of amides is 1. The van der Waals surface area contributed by atoms with E-state index in [4.69, 9.17) is 0 Å². The minimum absolute atomic E-state index is 0.124. The highest BCUT2D eigenvalue weighted by molar-refractivity contribution is 6.02. The van der Waals surface area contributed by atoms with E-state index in [1.807, 2.05) is 18.2 Å². The lowest BCUT2D eigenvalue weighted by molar-refractivity contribution is -0.132. The van der Waals surface area contributed by atoms with Gasteiger partial charge in [-0.05, 0) is 25.5 Å². The second kappa shape index (κ2) is 7.05. The van der Waals surface area contributed by atoms with Gasteiger partial charge < -0.3 is 0 Å². The highest BCUT2D eigenvalue weighted by atomic mass is 16.2. The average Bonchev–Trinajstić information content (AvgIpc) is 3.06. The fourth-order valence-electron chi connectivity index (χ4n) is 3.42. The normalized spacial score (nSPS) is 19.5. The van der Waals surface area contributed by atoms with E-state index in [9.17, 15) is 4.79 Å². The summed E-state index contributed by atoms with van der Waals surface area (Å²) in [6.45, 7) is 1.19. The van der Waals surface area contributed by atoms with Crippen LogP contribution in [0.4, 0.5) is 0 Å². The van der Waals surface area contributed by atoms with Gasteiger partial charge >= 0.3 is 0 Å². The van der Waals surface area contributed by atoms with Crippen LogP contribution in [0, 0.1) is 0 Å². The Bertz CT molecular complexity index is 535. The van der Waals surface area contributed by atoms with Crippen molar-refractivity contribution in [2.75, 3.05) is 20.1 Å². The summed E-state index contributed by atoms with van der Waals surface area (Å²) in [7, 11) is 2.08. The molecule has 1 aliphatic carbocycles. The van der Waals surface area contributed by atoms with E-state index >= 15 is 0 Å². The minimum atomic E-state index is 0.124. The molecule has 0 spiro atoms. The van der Waals surface area contributed by atoms with E-state index in [0.29, 0.717) is 19.1 Å². The molecule has 1 saturated carbocycles. The van der Waals surface area contributed by atoms with Gasteiger partial charge in [-0.1, -0.05) is 49.6 Å². The summed E-state index contributed by atoms with van der Waals surface area (Å²) < 4.78 is 0. The van der Waals surface area contributed by atoms with Crippen LogP contribution in [-0.2, 0) is 4.79 Å². The zero-order chi connectivity index (χ0) is 15.4. The van der Waals surface area contributed by atoms with Crippen LogP contribution in [0.25, 0.3) is 0 Å². The molecule has 1 amide bonds. The van der Waals surface area contributed by atoms with E-state index in [0.717, 1.165) is 17.7 Å². The molecule has 0 atom stereocenters. The van der Waals surface area contributed by atoms with Gasteiger partial charge in [0.2, 0.25) is 0 Å². The standard InChI is InChI=1S/C18H25N3O/c1-20(16-10-6-3-7-11-16)14-18(22)21-13-12-17(19-21)15-8-4-2-5-9-15/h2,4-5,8-9,16H,3,6-7,10-14H2,1H3. The molecule has 1 heterocycles. The molecule has 0 bridgehead atoms. The number of hydrazone groups is 1. The van der Waals surface area contributed by atoms with Gasteiger partial charge in [-0.25, -0.2) is 5.01 Å². The van der Waals surface area contributed by atoms with E-state index in [2.05, 4.69) is 29.2 Å². The summed E-state index contributed by atoms with van der Waals surface area (Å²) in [6, 6.07) is 10.7. The summed E-state index contributed by atoms with van der Waals surface area (Å²) >= 11 is 0. The lowest BCUT2D eigenvalue weighted by atomic mass is 9.94. The highest BCUT2D eigenvalue weighted by Gasteiger charge is 2.25. The third-order valence-corrected chi connectivity index (χ3v) is 4.78. The molecular weight excluding hydrogens is 274 g/mol. The predicted molar refractivity (Wildman–Crippen MR) is 88.8 cm³/mol. The smallest absolute Gasteiger partial charge is 0.256 e. The molecule has 2 aliphatic rings. The van der Waals surface area contributed by atoms with Crippen LogP contribution < -0.4 is 0 Å². The molecule has 1 aromatic rings. The molecule has 4 nitrogen and oxygen atoms in total. The average molecular weight is 299 g/mol. The first-order chi connectivity index (χ1) is 10.7. The highest BCUT2D eigenvalue weighted by Crippen LogP contribution is 2.22. The van der Waals surface area contributed by atoms with Gasteiger partial charge in [-0.2, -0.15) is 5.10 Å². The van der Waals surface area contributed by atoms with Crippen molar-refractivity contribution in [3.63, 3.8) is 0 Å². The largest absolute Gasteiger partial charge is 0.295 e. The van der Waals surface area contributed by atoms with Crippen molar-refractivity contribution in [2.45, 2.75) is 44.6 Å². The van der Waals surface area contributed by atoms with Crippen LogP contribution in [0.5, 0.6) is 0 Å². The molecule has 0 radical (unpaired) electrons. The van der Waals surface area contributed by atoms with Gasteiger partial charge in [-0.15, -0.1) is 0 Å². The maximum Gasteiger partial charge on any atom is 0.256 e. The maximum atomic E-state index is 12.5. The summed E-state index contributed by atoms with van der Waals surface area (Å²) in [5.41, 5.74) is 2.15. The van der Waals surface area contributed by atoms with Gasteiger partial charge in [0.15, 0.2) is 0 Å². The molecule has 22 heavy (non-hydrogen) atoms. The van der Waals surface area contributed by atoms with Gasteiger partial charge in [0.05, 0.1) is 18.8 Å². The number of likely N-dealkylation sites (N-methyl/N-ethyl adjacent to an activating group) is 1. The maximum absolute atomic E-state index is 12.5. The quantitative estimate of drug-likeness (QED) is 0.857. The Hall–Kier alpha value is -1.68. The Morgan fingerprint density at radius 3 is 2.68 bits per heavy atom. The molecule has 3 rings (SSSR count). The van der Waals surface area contributed by atoms with Crippen LogP contribution in [0.15, 0.2) is 35.4 Å². The fraction of sp³-hybridized carbons (Fsp3) is 0.556. The molecular formula is C18H25N3O. The molecule has 1 aromatic carbocycles. The lowest BCUT2D eigenvalue weighted by Crippen LogP contribution is -2.41. The lowest BCUT2D eigenvalue weighted by Gasteiger charge is -2.31. The zero-order valence-electron chi connectivity index (χ0n) is 13.4. The number of hydrogen-bond donors (Lipinski definition) is 0. The molecule has 0 unspecified atom stereocenters. The van der Waals surface area contributed by atoms with Crippen molar-refractivity contribution in [2.24, 2.45) is 5.10 Å². The van der Waals surface area contributed by atoms with Crippen LogP contribution in [0.1, 0.15) is 44.1 Å². The number of nitrogens with zero attached hydrogens (tertiary/aromatic N) is 3. The first-order valence-electron chi connectivity index (χ1n) is 8.37. The molecule has 0 aromatic heterocycles. The molecule has 0 N–H and O–H groups in total. The first-order valence-corrected chi connectivity index (χ1v) is 8.37. The molecule has 118 valence electrons. The number of rotatable bonds is 4. The molecule has 4 heteroatoms. The Kier molecular flexibility index (Phi) is 4.88. The zero-order valence-corrected chi connectivity index (χ0v) is 13.4. The number of benzene rings is 1. The van der Waals surface area contributed by atoms with Crippen molar-refractivity contribution in [1.82, 2.24) is 9.91 Å². The number of carbonyl (C=O) groups is 1. The Balaban J connectivity index is 1.58. The predicted octanol–water partition coefficient (Wildman–Crippen LogP) is 2.89. The summed E-state index contributed by atoms with van der Waals surface area (Å²) in [5, 5.41) is 6.18. The van der Waals surface area contributed by atoms with Crippen LogP contribution in [0.2, 0.25) is 0 Å². The van der Waals surface area contributed by atoms with E-state index in [1.54, 1.807) is 5.01 Å². The first kappa shape index (κ1) is 15.2. The van der Waals surface area contributed by atoms with Gasteiger partial charge in [-0.3, -0.25) is 9.69 Å². The third-order valence-electron chi connectivity index (χ3n) is 4.78. The third kappa shape index (κ3) is 3.55. The van der Waals surface area contributed by atoms with Crippen molar-refractivity contribution in [3.05, 3.63) is 35.9 Å². The number of carbonyl (C=O) groups excluding carboxylic acids is 1. The monoisotopic (exact) mass is 299 g/mol. The van der Waals surface area contributed by atoms with Gasteiger partial charge in [0, 0.05) is 12.5 Å². The van der Waals surface area contributed by atoms with E-state index < -0.39 is 0 Å². The summed E-state index contributed by atoms with van der Waals surface area (Å²) in [5.74, 6) is 0.124. The Labute approximate surface area is 132 Å². The van der Waals surface area contributed by atoms with Crippen molar-refractivity contribution in [3.8, 4) is 0 Å². The van der Waals surface area contributed by atoms with Crippen LogP contribution in [-0.4, -0.2) is 47.7 Å². The van der Waals surface area contributed by atoms with Crippen LogP contribution >= 0.6 is 0 Å². The Morgan fingerprint density at radius 2 is 1.95 bits per heavy atom. The van der Waals surface area contributed by atoms with Crippen molar-refractivity contribution >= 4 is 11.6 Å². The second-order valence-corrected chi connectivity index (χ2v) is 6.39. The number of hydrogen-bond acceptors (Lipinski definition) is 3.